The number of piperidine rings is 1. The smallest absolute Gasteiger partial charge is 0.260 e. The molecule has 1 aliphatic rings. The topological polar surface area (TPSA) is 29.5 Å². The fourth-order valence-corrected chi connectivity index (χ4v) is 2.67. The molecule has 0 aliphatic carbocycles. The summed E-state index contributed by atoms with van der Waals surface area (Å²) in [6.07, 6.45) is 1.92. The van der Waals surface area contributed by atoms with Crippen molar-refractivity contribution < 1.29 is 13.9 Å². The molecule has 0 aromatic heterocycles. The van der Waals surface area contributed by atoms with E-state index >= 15 is 0 Å². The summed E-state index contributed by atoms with van der Waals surface area (Å²) in [5.74, 6) is 0.232. The molecule has 104 valence electrons. The molecule has 0 N–H and O–H groups in total. The first-order valence-electron chi connectivity index (χ1n) is 6.35. The van der Waals surface area contributed by atoms with Crippen molar-refractivity contribution in [2.24, 2.45) is 5.92 Å². The van der Waals surface area contributed by atoms with Crippen LogP contribution in [0.25, 0.3) is 0 Å². The van der Waals surface area contributed by atoms with Crippen LogP contribution < -0.4 is 4.74 Å². The number of rotatable bonds is 3. The van der Waals surface area contributed by atoms with Crippen molar-refractivity contribution in [1.29, 1.82) is 0 Å². The minimum absolute atomic E-state index is 0.0141. The van der Waals surface area contributed by atoms with Crippen LogP contribution >= 0.6 is 11.6 Å². The van der Waals surface area contributed by atoms with Crippen LogP contribution in [0.5, 0.6) is 5.75 Å². The molecule has 1 saturated heterocycles. The standard InChI is InChI=1S/C14H17ClFNO2/c1-19-12-6-2-5-11(16)13(12)14(18)17-7-3-4-10(8-15)9-17/h2,5-6,10H,3-4,7-9H2,1H3. The van der Waals surface area contributed by atoms with Gasteiger partial charge in [0.1, 0.15) is 17.1 Å². The molecule has 1 unspecified atom stereocenters. The van der Waals surface area contributed by atoms with Gasteiger partial charge >= 0.3 is 0 Å². The maximum absolute atomic E-state index is 13.9. The van der Waals surface area contributed by atoms with Gasteiger partial charge in [0.05, 0.1) is 7.11 Å². The number of hydrogen-bond acceptors (Lipinski definition) is 2. The van der Waals surface area contributed by atoms with Crippen LogP contribution in [-0.2, 0) is 0 Å². The number of carbonyl (C=O) groups excluding carboxylic acids is 1. The van der Waals surface area contributed by atoms with Gasteiger partial charge in [-0.05, 0) is 30.9 Å². The highest BCUT2D eigenvalue weighted by atomic mass is 35.5. The van der Waals surface area contributed by atoms with Gasteiger partial charge in [0.15, 0.2) is 0 Å². The molecule has 0 radical (unpaired) electrons. The summed E-state index contributed by atoms with van der Waals surface area (Å²) in [6.45, 7) is 1.23. The molecule has 1 fully saturated rings. The van der Waals surface area contributed by atoms with E-state index < -0.39 is 5.82 Å². The lowest BCUT2D eigenvalue weighted by molar-refractivity contribution is 0.0676. The lowest BCUT2D eigenvalue weighted by Gasteiger charge is -2.32. The lowest BCUT2D eigenvalue weighted by atomic mass is 9.99. The molecular formula is C14H17ClFNO2. The Bertz CT molecular complexity index is 467. The summed E-state index contributed by atoms with van der Waals surface area (Å²) in [4.78, 5) is 14.1. The molecule has 1 atom stereocenters. The predicted molar refractivity (Wildman–Crippen MR) is 72.3 cm³/mol. The molecule has 1 aromatic carbocycles. The molecule has 2 rings (SSSR count). The summed E-state index contributed by atoms with van der Waals surface area (Å²) < 4.78 is 18.9. The summed E-state index contributed by atoms with van der Waals surface area (Å²) in [5, 5.41) is 0. The van der Waals surface area contributed by atoms with E-state index in [0.717, 1.165) is 12.8 Å². The zero-order chi connectivity index (χ0) is 13.8. The predicted octanol–water partition coefficient (Wildman–Crippen LogP) is 2.93. The second-order valence-electron chi connectivity index (χ2n) is 4.73. The van der Waals surface area contributed by atoms with E-state index in [9.17, 15) is 9.18 Å². The molecule has 3 nitrogen and oxygen atoms in total. The van der Waals surface area contributed by atoms with Crippen molar-refractivity contribution in [2.75, 3.05) is 26.1 Å². The average Bonchev–Trinajstić information content (AvgIpc) is 2.46. The van der Waals surface area contributed by atoms with Crippen LogP contribution in [-0.4, -0.2) is 36.9 Å². The highest BCUT2D eigenvalue weighted by Gasteiger charge is 2.27. The van der Waals surface area contributed by atoms with Gasteiger partial charge in [-0.1, -0.05) is 6.07 Å². The van der Waals surface area contributed by atoms with Gasteiger partial charge in [-0.25, -0.2) is 4.39 Å². The number of likely N-dealkylation sites (tertiary alicyclic amines) is 1. The zero-order valence-corrected chi connectivity index (χ0v) is 11.6. The number of benzene rings is 1. The van der Waals surface area contributed by atoms with Crippen molar-refractivity contribution in [3.8, 4) is 5.75 Å². The van der Waals surface area contributed by atoms with Crippen molar-refractivity contribution in [3.05, 3.63) is 29.6 Å². The number of nitrogens with zero attached hydrogens (tertiary/aromatic N) is 1. The Hall–Kier alpha value is -1.29. The average molecular weight is 286 g/mol. The third-order valence-electron chi connectivity index (χ3n) is 3.43. The Labute approximate surface area is 117 Å². The SMILES string of the molecule is COc1cccc(F)c1C(=O)N1CCCC(CCl)C1. The number of alkyl halides is 1. The Balaban J connectivity index is 2.24. The van der Waals surface area contributed by atoms with E-state index in [2.05, 4.69) is 0 Å². The second kappa shape index (κ2) is 6.24. The van der Waals surface area contributed by atoms with E-state index in [-0.39, 0.29) is 23.1 Å². The van der Waals surface area contributed by atoms with Gasteiger partial charge in [-0.15, -0.1) is 11.6 Å². The minimum atomic E-state index is -0.544. The van der Waals surface area contributed by atoms with Crippen molar-refractivity contribution in [2.45, 2.75) is 12.8 Å². The van der Waals surface area contributed by atoms with Crippen LogP contribution in [0.2, 0.25) is 0 Å². The zero-order valence-electron chi connectivity index (χ0n) is 10.9. The first kappa shape index (κ1) is 14.1. The number of amides is 1. The monoisotopic (exact) mass is 285 g/mol. The van der Waals surface area contributed by atoms with Crippen LogP contribution in [0, 0.1) is 11.7 Å². The third kappa shape index (κ3) is 3.00. The molecule has 5 heteroatoms. The first-order valence-corrected chi connectivity index (χ1v) is 6.88. The maximum Gasteiger partial charge on any atom is 0.260 e. The molecule has 0 bridgehead atoms. The second-order valence-corrected chi connectivity index (χ2v) is 5.04. The maximum atomic E-state index is 13.9. The molecule has 1 heterocycles. The highest BCUT2D eigenvalue weighted by molar-refractivity contribution is 6.18. The molecule has 1 aliphatic heterocycles. The molecular weight excluding hydrogens is 269 g/mol. The van der Waals surface area contributed by atoms with Gasteiger partial charge in [0.2, 0.25) is 0 Å². The van der Waals surface area contributed by atoms with E-state index in [4.69, 9.17) is 16.3 Å². The van der Waals surface area contributed by atoms with E-state index in [1.807, 2.05) is 0 Å². The summed E-state index contributed by atoms with van der Waals surface area (Å²) in [7, 11) is 1.43. The Morgan fingerprint density at radius 2 is 2.37 bits per heavy atom. The van der Waals surface area contributed by atoms with E-state index in [1.165, 1.54) is 19.2 Å². The van der Waals surface area contributed by atoms with Gasteiger partial charge in [0.25, 0.3) is 5.91 Å². The Morgan fingerprint density at radius 3 is 3.05 bits per heavy atom. The molecule has 0 spiro atoms. The molecule has 1 aromatic rings. The summed E-state index contributed by atoms with van der Waals surface area (Å²) in [6, 6.07) is 4.40. The van der Waals surface area contributed by atoms with Crippen LogP contribution in [0.15, 0.2) is 18.2 Å². The fraction of sp³-hybridized carbons (Fsp3) is 0.500. The van der Waals surface area contributed by atoms with Crippen LogP contribution in [0.4, 0.5) is 4.39 Å². The number of halogens is 2. The normalized spacial score (nSPS) is 19.3. The summed E-state index contributed by atoms with van der Waals surface area (Å²) >= 11 is 5.85. The van der Waals surface area contributed by atoms with E-state index in [0.29, 0.717) is 19.0 Å². The van der Waals surface area contributed by atoms with E-state index in [1.54, 1.807) is 11.0 Å². The molecule has 1 amide bonds. The third-order valence-corrected chi connectivity index (χ3v) is 3.87. The van der Waals surface area contributed by atoms with Crippen molar-refractivity contribution in [1.82, 2.24) is 4.90 Å². The molecule has 0 saturated carbocycles. The van der Waals surface area contributed by atoms with Gasteiger partial charge in [-0.2, -0.15) is 0 Å². The van der Waals surface area contributed by atoms with Crippen molar-refractivity contribution in [3.63, 3.8) is 0 Å². The quantitative estimate of drug-likeness (QED) is 0.799. The Kier molecular flexibility index (Phi) is 4.64. The van der Waals surface area contributed by atoms with Gasteiger partial charge < -0.3 is 9.64 Å². The fourth-order valence-electron chi connectivity index (χ4n) is 2.42. The number of hydrogen-bond donors (Lipinski definition) is 0. The van der Waals surface area contributed by atoms with Crippen molar-refractivity contribution >= 4 is 17.5 Å². The minimum Gasteiger partial charge on any atom is -0.496 e. The van der Waals surface area contributed by atoms with Crippen LogP contribution in [0.1, 0.15) is 23.2 Å². The number of methoxy groups -OCH3 is 1. The molecule has 19 heavy (non-hydrogen) atoms. The van der Waals surface area contributed by atoms with Gasteiger partial charge in [-0.3, -0.25) is 4.79 Å². The van der Waals surface area contributed by atoms with Crippen LogP contribution in [0.3, 0.4) is 0 Å². The van der Waals surface area contributed by atoms with Gasteiger partial charge in [0, 0.05) is 19.0 Å². The Morgan fingerprint density at radius 1 is 1.58 bits per heavy atom. The lowest BCUT2D eigenvalue weighted by Crippen LogP contribution is -2.40. The number of carbonyl (C=O) groups is 1. The summed E-state index contributed by atoms with van der Waals surface area (Å²) in [5.41, 5.74) is 0.0141. The highest BCUT2D eigenvalue weighted by Crippen LogP contribution is 2.26. The largest absolute Gasteiger partial charge is 0.496 e. The first-order chi connectivity index (χ1) is 9.17. The number of ether oxygens (including phenoxy) is 1.